The summed E-state index contributed by atoms with van der Waals surface area (Å²) >= 11 is 0. The molecule has 0 aliphatic carbocycles. The molecular formula is C16H20N2O6. The SMILES string of the molecule is CC(=O)NCCC(=O)OC(C)C(=O)Nc1ccc2c(c1)OCCO2. The molecule has 0 saturated heterocycles. The normalized spacial score (nSPS) is 13.6. The van der Waals surface area contributed by atoms with Gasteiger partial charge in [-0.15, -0.1) is 0 Å². The number of benzene rings is 1. The number of rotatable bonds is 6. The van der Waals surface area contributed by atoms with E-state index in [0.29, 0.717) is 30.4 Å². The van der Waals surface area contributed by atoms with Gasteiger partial charge in [-0.05, 0) is 19.1 Å². The van der Waals surface area contributed by atoms with Crippen molar-refractivity contribution in [3.8, 4) is 11.5 Å². The number of hydrogen-bond acceptors (Lipinski definition) is 6. The Morgan fingerprint density at radius 2 is 1.92 bits per heavy atom. The quantitative estimate of drug-likeness (QED) is 0.747. The third-order valence-electron chi connectivity index (χ3n) is 3.19. The summed E-state index contributed by atoms with van der Waals surface area (Å²) < 4.78 is 15.9. The van der Waals surface area contributed by atoms with Crippen molar-refractivity contribution < 1.29 is 28.6 Å². The molecule has 0 fully saturated rings. The van der Waals surface area contributed by atoms with Crippen LogP contribution < -0.4 is 20.1 Å². The summed E-state index contributed by atoms with van der Waals surface area (Å²) in [5.74, 6) is -0.0731. The molecule has 0 radical (unpaired) electrons. The first kappa shape index (κ1) is 17.6. The predicted molar refractivity (Wildman–Crippen MR) is 84.9 cm³/mol. The lowest BCUT2D eigenvalue weighted by molar-refractivity contribution is -0.153. The van der Waals surface area contributed by atoms with Gasteiger partial charge < -0.3 is 24.8 Å². The van der Waals surface area contributed by atoms with E-state index >= 15 is 0 Å². The van der Waals surface area contributed by atoms with Gasteiger partial charge >= 0.3 is 5.97 Å². The van der Waals surface area contributed by atoms with Crippen LogP contribution >= 0.6 is 0 Å². The van der Waals surface area contributed by atoms with E-state index < -0.39 is 18.0 Å². The molecule has 1 unspecified atom stereocenters. The van der Waals surface area contributed by atoms with E-state index in [1.165, 1.54) is 13.8 Å². The fourth-order valence-electron chi connectivity index (χ4n) is 2.02. The van der Waals surface area contributed by atoms with Gasteiger partial charge in [-0.25, -0.2) is 0 Å². The molecule has 2 N–H and O–H groups in total. The van der Waals surface area contributed by atoms with Crippen molar-refractivity contribution in [2.45, 2.75) is 26.4 Å². The lowest BCUT2D eigenvalue weighted by Gasteiger charge is -2.19. The first-order valence-corrected chi connectivity index (χ1v) is 7.60. The highest BCUT2D eigenvalue weighted by atomic mass is 16.6. The number of esters is 1. The van der Waals surface area contributed by atoms with Gasteiger partial charge in [0.05, 0.1) is 6.42 Å². The fourth-order valence-corrected chi connectivity index (χ4v) is 2.02. The summed E-state index contributed by atoms with van der Waals surface area (Å²) in [5, 5.41) is 5.13. The Bertz CT molecular complexity index is 631. The van der Waals surface area contributed by atoms with Crippen molar-refractivity contribution in [1.82, 2.24) is 5.32 Å². The Balaban J connectivity index is 1.83. The maximum Gasteiger partial charge on any atom is 0.308 e. The Labute approximate surface area is 139 Å². The molecule has 24 heavy (non-hydrogen) atoms. The standard InChI is InChI=1S/C16H20N2O6/c1-10(24-15(20)5-6-17-11(2)19)16(21)18-12-3-4-13-14(9-12)23-8-7-22-13/h3-4,9-10H,5-8H2,1-2H3,(H,17,19)(H,18,21). The van der Waals surface area contributed by atoms with Crippen molar-refractivity contribution in [2.24, 2.45) is 0 Å². The number of amides is 2. The van der Waals surface area contributed by atoms with Crippen molar-refractivity contribution >= 4 is 23.5 Å². The van der Waals surface area contributed by atoms with Gasteiger partial charge in [-0.2, -0.15) is 0 Å². The van der Waals surface area contributed by atoms with E-state index in [2.05, 4.69) is 10.6 Å². The predicted octanol–water partition coefficient (Wildman–Crippen LogP) is 0.854. The minimum absolute atomic E-state index is 0.00121. The van der Waals surface area contributed by atoms with E-state index in [1.807, 2.05) is 0 Å². The van der Waals surface area contributed by atoms with E-state index in [9.17, 15) is 14.4 Å². The average molecular weight is 336 g/mol. The highest BCUT2D eigenvalue weighted by molar-refractivity contribution is 5.95. The van der Waals surface area contributed by atoms with Crippen molar-refractivity contribution in [2.75, 3.05) is 25.1 Å². The van der Waals surface area contributed by atoms with E-state index in [-0.39, 0.29) is 18.9 Å². The van der Waals surface area contributed by atoms with Crippen LogP contribution in [0.5, 0.6) is 11.5 Å². The van der Waals surface area contributed by atoms with Crippen molar-refractivity contribution in [3.63, 3.8) is 0 Å². The molecule has 1 aromatic carbocycles. The highest BCUT2D eigenvalue weighted by Crippen LogP contribution is 2.32. The lowest BCUT2D eigenvalue weighted by atomic mass is 10.2. The van der Waals surface area contributed by atoms with Gasteiger partial charge in [0.2, 0.25) is 5.91 Å². The van der Waals surface area contributed by atoms with Crippen LogP contribution in [0, 0.1) is 0 Å². The molecule has 0 spiro atoms. The first-order valence-electron chi connectivity index (χ1n) is 7.60. The molecule has 0 bridgehead atoms. The van der Waals surface area contributed by atoms with Gasteiger partial charge in [0.15, 0.2) is 17.6 Å². The molecule has 1 aliphatic rings. The Hall–Kier alpha value is -2.77. The van der Waals surface area contributed by atoms with Crippen molar-refractivity contribution in [1.29, 1.82) is 0 Å². The fraction of sp³-hybridized carbons (Fsp3) is 0.438. The molecule has 8 nitrogen and oxygen atoms in total. The number of fused-ring (bicyclic) bond motifs is 1. The molecule has 1 heterocycles. The van der Waals surface area contributed by atoms with Crippen LogP contribution in [0.3, 0.4) is 0 Å². The summed E-state index contributed by atoms with van der Waals surface area (Å²) in [6.07, 6.45) is -0.954. The zero-order valence-electron chi connectivity index (χ0n) is 13.6. The van der Waals surface area contributed by atoms with Crippen LogP contribution in [0.15, 0.2) is 18.2 Å². The molecule has 0 saturated carbocycles. The zero-order chi connectivity index (χ0) is 17.5. The van der Waals surface area contributed by atoms with Gasteiger partial charge in [-0.1, -0.05) is 0 Å². The first-order chi connectivity index (χ1) is 11.5. The Kier molecular flexibility index (Phi) is 6.00. The average Bonchev–Trinajstić information content (AvgIpc) is 2.54. The third-order valence-corrected chi connectivity index (χ3v) is 3.19. The largest absolute Gasteiger partial charge is 0.486 e. The molecule has 8 heteroatoms. The van der Waals surface area contributed by atoms with E-state index in [0.717, 1.165) is 0 Å². The molecule has 1 aliphatic heterocycles. The molecule has 2 rings (SSSR count). The van der Waals surface area contributed by atoms with Crippen LogP contribution in [-0.4, -0.2) is 43.6 Å². The van der Waals surface area contributed by atoms with Crippen LogP contribution in [0.1, 0.15) is 20.3 Å². The van der Waals surface area contributed by atoms with Gasteiger partial charge in [0.25, 0.3) is 5.91 Å². The number of carbonyl (C=O) groups excluding carboxylic acids is 3. The minimum atomic E-state index is -0.956. The second-order valence-electron chi connectivity index (χ2n) is 5.21. The minimum Gasteiger partial charge on any atom is -0.486 e. The van der Waals surface area contributed by atoms with Crippen LogP contribution in [-0.2, 0) is 19.1 Å². The van der Waals surface area contributed by atoms with Gasteiger partial charge in [0.1, 0.15) is 13.2 Å². The van der Waals surface area contributed by atoms with Gasteiger partial charge in [0, 0.05) is 25.2 Å². The summed E-state index contributed by atoms with van der Waals surface area (Å²) in [5.41, 5.74) is 0.519. The molecule has 1 aromatic rings. The zero-order valence-corrected chi connectivity index (χ0v) is 13.6. The van der Waals surface area contributed by atoms with E-state index in [1.54, 1.807) is 18.2 Å². The summed E-state index contributed by atoms with van der Waals surface area (Å²) in [4.78, 5) is 34.4. The van der Waals surface area contributed by atoms with Crippen LogP contribution in [0.4, 0.5) is 5.69 Å². The number of hydrogen-bond donors (Lipinski definition) is 2. The Morgan fingerprint density at radius 3 is 2.62 bits per heavy atom. The van der Waals surface area contributed by atoms with Gasteiger partial charge in [-0.3, -0.25) is 14.4 Å². The number of carbonyl (C=O) groups is 3. The molecule has 0 aromatic heterocycles. The number of anilines is 1. The summed E-state index contributed by atoms with van der Waals surface area (Å²) in [6.45, 7) is 3.94. The third kappa shape index (κ3) is 5.15. The summed E-state index contributed by atoms with van der Waals surface area (Å²) in [7, 11) is 0. The molecule has 130 valence electrons. The Morgan fingerprint density at radius 1 is 1.21 bits per heavy atom. The highest BCUT2D eigenvalue weighted by Gasteiger charge is 2.19. The van der Waals surface area contributed by atoms with E-state index in [4.69, 9.17) is 14.2 Å². The lowest BCUT2D eigenvalue weighted by Crippen LogP contribution is -2.31. The monoisotopic (exact) mass is 336 g/mol. The topological polar surface area (TPSA) is 103 Å². The molecular weight excluding hydrogens is 316 g/mol. The molecule has 1 atom stereocenters. The molecule has 2 amide bonds. The maximum absolute atomic E-state index is 12.1. The van der Waals surface area contributed by atoms with Crippen LogP contribution in [0.2, 0.25) is 0 Å². The number of ether oxygens (including phenoxy) is 3. The maximum atomic E-state index is 12.1. The van der Waals surface area contributed by atoms with Crippen LogP contribution in [0.25, 0.3) is 0 Å². The smallest absolute Gasteiger partial charge is 0.308 e. The van der Waals surface area contributed by atoms with Crippen molar-refractivity contribution in [3.05, 3.63) is 18.2 Å². The number of nitrogens with one attached hydrogen (secondary N) is 2. The second kappa shape index (κ2) is 8.19. The summed E-state index contributed by atoms with van der Waals surface area (Å²) in [6, 6.07) is 5.03. The second-order valence-corrected chi connectivity index (χ2v) is 5.21.